The Morgan fingerprint density at radius 1 is 1.56 bits per heavy atom. The van der Waals surface area contributed by atoms with E-state index in [0.29, 0.717) is 6.04 Å². The van der Waals surface area contributed by atoms with Gasteiger partial charge in [0.1, 0.15) is 0 Å². The van der Waals surface area contributed by atoms with Crippen molar-refractivity contribution in [3.05, 3.63) is 18.0 Å². The average Bonchev–Trinajstić information content (AvgIpc) is 3.08. The van der Waals surface area contributed by atoms with Gasteiger partial charge >= 0.3 is 0 Å². The van der Waals surface area contributed by atoms with Crippen LogP contribution in [0.25, 0.3) is 0 Å². The molecule has 0 bridgehead atoms. The van der Waals surface area contributed by atoms with Gasteiger partial charge in [-0.2, -0.15) is 5.10 Å². The molecule has 1 aromatic rings. The number of aromatic nitrogens is 2. The molecule has 0 radical (unpaired) electrons. The monoisotopic (exact) mass is 250 g/mol. The van der Waals surface area contributed by atoms with E-state index < -0.39 is 0 Å². The summed E-state index contributed by atoms with van der Waals surface area (Å²) in [6, 6.07) is 1.44. The van der Waals surface area contributed by atoms with Crippen LogP contribution in [0.3, 0.4) is 0 Å². The Morgan fingerprint density at radius 2 is 2.33 bits per heavy atom. The number of aryl methyl sites for hydroxylation is 1. The van der Waals surface area contributed by atoms with Crippen molar-refractivity contribution in [3.8, 4) is 0 Å². The van der Waals surface area contributed by atoms with Gasteiger partial charge in [-0.1, -0.05) is 13.3 Å². The summed E-state index contributed by atoms with van der Waals surface area (Å²) >= 11 is 0. The van der Waals surface area contributed by atoms with Gasteiger partial charge in [-0.05, 0) is 26.3 Å². The summed E-state index contributed by atoms with van der Waals surface area (Å²) in [6.07, 6.45) is 9.31. The third-order valence-corrected chi connectivity index (χ3v) is 3.66. The quantitative estimate of drug-likeness (QED) is 0.763. The van der Waals surface area contributed by atoms with Gasteiger partial charge in [0.25, 0.3) is 0 Å². The Labute approximate surface area is 110 Å². The highest BCUT2D eigenvalue weighted by molar-refractivity contribution is 5.03. The lowest BCUT2D eigenvalue weighted by Gasteiger charge is -2.28. The van der Waals surface area contributed by atoms with Crippen LogP contribution < -0.4 is 5.32 Å². The van der Waals surface area contributed by atoms with Crippen LogP contribution >= 0.6 is 0 Å². The number of rotatable bonds is 8. The van der Waals surface area contributed by atoms with Crippen molar-refractivity contribution in [1.29, 1.82) is 0 Å². The maximum absolute atomic E-state index is 4.23. The average molecular weight is 250 g/mol. The van der Waals surface area contributed by atoms with Crippen molar-refractivity contribution in [2.45, 2.75) is 51.2 Å². The van der Waals surface area contributed by atoms with E-state index in [1.807, 2.05) is 17.9 Å². The normalized spacial score (nSPS) is 17.3. The molecule has 1 N–H and O–H groups in total. The van der Waals surface area contributed by atoms with E-state index in [1.54, 1.807) is 0 Å². The van der Waals surface area contributed by atoms with Gasteiger partial charge in [0.2, 0.25) is 0 Å². The van der Waals surface area contributed by atoms with Gasteiger partial charge in [-0.25, -0.2) is 0 Å². The van der Waals surface area contributed by atoms with Crippen molar-refractivity contribution >= 4 is 0 Å². The van der Waals surface area contributed by atoms with Crippen molar-refractivity contribution in [1.82, 2.24) is 20.0 Å². The predicted octanol–water partition coefficient (Wildman–Crippen LogP) is 1.77. The van der Waals surface area contributed by atoms with Gasteiger partial charge in [0.15, 0.2) is 0 Å². The summed E-state index contributed by atoms with van der Waals surface area (Å²) in [4.78, 5) is 2.45. The van der Waals surface area contributed by atoms with Crippen LogP contribution in [-0.2, 0) is 13.6 Å². The second-order valence-corrected chi connectivity index (χ2v) is 5.56. The van der Waals surface area contributed by atoms with Gasteiger partial charge in [-0.15, -0.1) is 0 Å². The Kier molecular flexibility index (Phi) is 4.78. The fourth-order valence-electron chi connectivity index (χ4n) is 2.37. The molecule has 1 heterocycles. The van der Waals surface area contributed by atoms with Gasteiger partial charge in [-0.3, -0.25) is 9.58 Å². The summed E-state index contributed by atoms with van der Waals surface area (Å²) in [5.74, 6) is 0. The highest BCUT2D eigenvalue weighted by atomic mass is 15.2. The Morgan fingerprint density at radius 3 is 2.89 bits per heavy atom. The summed E-state index contributed by atoms with van der Waals surface area (Å²) < 4.78 is 1.88. The number of hydrogen-bond donors (Lipinski definition) is 1. The molecule has 0 aliphatic heterocycles. The molecule has 1 saturated carbocycles. The molecule has 4 nitrogen and oxygen atoms in total. The lowest BCUT2D eigenvalue weighted by molar-refractivity contribution is 0.214. The summed E-state index contributed by atoms with van der Waals surface area (Å²) in [5.41, 5.74) is 1.30. The number of nitrogens with zero attached hydrogens (tertiary/aromatic N) is 3. The second-order valence-electron chi connectivity index (χ2n) is 5.56. The van der Waals surface area contributed by atoms with Crippen LogP contribution in [0.2, 0.25) is 0 Å². The zero-order valence-electron chi connectivity index (χ0n) is 11.9. The first-order valence-corrected chi connectivity index (χ1v) is 7.10. The van der Waals surface area contributed by atoms with Gasteiger partial charge < -0.3 is 5.32 Å². The minimum absolute atomic E-state index is 0.635. The minimum Gasteiger partial charge on any atom is -0.312 e. The van der Waals surface area contributed by atoms with E-state index in [9.17, 15) is 0 Å². The van der Waals surface area contributed by atoms with Crippen molar-refractivity contribution in [2.24, 2.45) is 7.05 Å². The van der Waals surface area contributed by atoms with Crippen LogP contribution in [0.1, 0.15) is 38.2 Å². The summed E-state index contributed by atoms with van der Waals surface area (Å²) in [6.45, 7) is 4.38. The molecule has 0 amide bonds. The topological polar surface area (TPSA) is 33.1 Å². The molecule has 2 rings (SSSR count). The molecular weight excluding hydrogens is 224 g/mol. The Hall–Kier alpha value is -0.870. The van der Waals surface area contributed by atoms with E-state index in [2.05, 4.69) is 35.5 Å². The number of nitrogens with one attached hydrogen (secondary N) is 1. The van der Waals surface area contributed by atoms with E-state index in [4.69, 9.17) is 0 Å². The van der Waals surface area contributed by atoms with Crippen LogP contribution in [0.15, 0.2) is 12.4 Å². The highest BCUT2D eigenvalue weighted by Gasteiger charge is 2.23. The van der Waals surface area contributed by atoms with Crippen molar-refractivity contribution in [3.63, 3.8) is 0 Å². The molecule has 102 valence electrons. The highest BCUT2D eigenvalue weighted by Crippen LogP contribution is 2.19. The third-order valence-electron chi connectivity index (χ3n) is 3.66. The molecule has 1 fully saturated rings. The molecule has 1 atom stereocenters. The summed E-state index contributed by atoms with van der Waals surface area (Å²) in [7, 11) is 4.20. The molecule has 1 aliphatic rings. The molecule has 18 heavy (non-hydrogen) atoms. The fourth-order valence-corrected chi connectivity index (χ4v) is 2.37. The number of likely N-dealkylation sites (N-methyl/N-ethyl adjacent to an activating group) is 1. The Bertz CT molecular complexity index is 356. The van der Waals surface area contributed by atoms with Gasteiger partial charge in [0.05, 0.1) is 6.20 Å². The van der Waals surface area contributed by atoms with E-state index in [0.717, 1.165) is 19.1 Å². The molecule has 1 aromatic heterocycles. The fraction of sp³-hybridized carbons (Fsp3) is 0.786. The maximum Gasteiger partial charge on any atom is 0.0534 e. The lowest BCUT2D eigenvalue weighted by atomic mass is 10.1. The van der Waals surface area contributed by atoms with Gasteiger partial charge in [0, 0.05) is 44.0 Å². The Balaban J connectivity index is 1.83. The largest absolute Gasteiger partial charge is 0.312 e. The molecule has 0 saturated heterocycles. The zero-order chi connectivity index (χ0) is 13.0. The van der Waals surface area contributed by atoms with Crippen LogP contribution in [0.5, 0.6) is 0 Å². The molecule has 0 aromatic carbocycles. The van der Waals surface area contributed by atoms with Crippen molar-refractivity contribution < 1.29 is 0 Å². The summed E-state index contributed by atoms with van der Waals surface area (Å²) in [5, 5.41) is 7.88. The number of hydrogen-bond acceptors (Lipinski definition) is 3. The van der Waals surface area contributed by atoms with Crippen molar-refractivity contribution in [2.75, 3.05) is 13.6 Å². The zero-order valence-corrected chi connectivity index (χ0v) is 11.9. The molecule has 1 unspecified atom stereocenters. The van der Waals surface area contributed by atoms with Crippen LogP contribution in [0.4, 0.5) is 0 Å². The minimum atomic E-state index is 0.635. The molecule has 0 spiro atoms. The van der Waals surface area contributed by atoms with Crippen LogP contribution in [-0.4, -0.2) is 40.4 Å². The van der Waals surface area contributed by atoms with E-state index in [1.165, 1.54) is 31.2 Å². The maximum atomic E-state index is 4.23. The molecule has 1 aliphatic carbocycles. The standard InChI is InChI=1S/C14H26N4/c1-4-5-14(9-15-13-6-7-13)17(2)10-12-8-16-18(3)11-12/h8,11,13-15H,4-7,9-10H2,1-3H3. The predicted molar refractivity (Wildman–Crippen MR) is 74.4 cm³/mol. The SMILES string of the molecule is CCCC(CNC1CC1)N(C)Cc1cnn(C)c1. The van der Waals surface area contributed by atoms with Crippen LogP contribution in [0, 0.1) is 0 Å². The molecular formula is C14H26N4. The van der Waals surface area contributed by atoms with E-state index >= 15 is 0 Å². The smallest absolute Gasteiger partial charge is 0.0534 e. The second kappa shape index (κ2) is 6.34. The lowest BCUT2D eigenvalue weighted by Crippen LogP contribution is -2.40. The first kappa shape index (κ1) is 13.6. The van der Waals surface area contributed by atoms with E-state index in [-0.39, 0.29) is 0 Å². The molecule has 4 heteroatoms. The third kappa shape index (κ3) is 4.10. The first-order valence-electron chi connectivity index (χ1n) is 7.10. The first-order chi connectivity index (χ1) is 8.69.